The monoisotopic (exact) mass is 429 g/mol. The van der Waals surface area contributed by atoms with Gasteiger partial charge in [0.1, 0.15) is 0 Å². The van der Waals surface area contributed by atoms with E-state index in [0.717, 1.165) is 24.8 Å². The summed E-state index contributed by atoms with van der Waals surface area (Å²) in [5.74, 6) is 7.02. The summed E-state index contributed by atoms with van der Waals surface area (Å²) in [6, 6.07) is 9.05. The number of benzene rings is 1. The Morgan fingerprint density at radius 1 is 1.16 bits per heavy atom. The Morgan fingerprint density at radius 2 is 1.91 bits per heavy atom. The summed E-state index contributed by atoms with van der Waals surface area (Å²) in [6.45, 7) is 4.22. The minimum Gasteiger partial charge on any atom is -0.378 e. The van der Waals surface area contributed by atoms with Crippen LogP contribution in [0.2, 0.25) is 0 Å². The minimum absolute atomic E-state index is 0.238. The number of ketones is 1. The summed E-state index contributed by atoms with van der Waals surface area (Å²) in [5, 5.41) is 11.2. The van der Waals surface area contributed by atoms with Crippen LogP contribution in [0.5, 0.6) is 0 Å². The Bertz CT molecular complexity index is 1070. The van der Waals surface area contributed by atoms with Gasteiger partial charge >= 0.3 is 0 Å². The number of hydrogen-bond donors (Lipinski definition) is 1. The molecule has 1 unspecified atom stereocenters. The summed E-state index contributed by atoms with van der Waals surface area (Å²) in [4.78, 5) is 14.9. The summed E-state index contributed by atoms with van der Waals surface area (Å²) < 4.78 is 0. The van der Waals surface area contributed by atoms with Crippen molar-refractivity contribution in [3.8, 4) is 11.8 Å². The topological polar surface area (TPSA) is 40.5 Å². The zero-order valence-electron chi connectivity index (χ0n) is 19.9. The van der Waals surface area contributed by atoms with Crippen molar-refractivity contribution in [3.63, 3.8) is 0 Å². The third kappa shape index (κ3) is 3.27. The number of aliphatic hydroxyl groups is 1. The molecule has 0 bridgehead atoms. The number of carbonyl (C=O) groups excluding carboxylic acids is 1. The Labute approximate surface area is 192 Å². The van der Waals surface area contributed by atoms with Crippen LogP contribution in [0.1, 0.15) is 70.3 Å². The molecule has 5 atom stereocenters. The molecule has 5 rings (SSSR count). The van der Waals surface area contributed by atoms with Gasteiger partial charge in [-0.25, -0.2) is 0 Å². The van der Waals surface area contributed by atoms with E-state index in [-0.39, 0.29) is 5.78 Å². The SMILES string of the molecule is CC#CC1(O)CC2=C3[C@@H](CCC2=CC1=O)[C@@H]1CCC[C@@]1(C)C[C@@H]3c1ccc(N(C)C)cc1. The lowest BCUT2D eigenvalue weighted by molar-refractivity contribution is -0.127. The highest BCUT2D eigenvalue weighted by molar-refractivity contribution is 6.02. The van der Waals surface area contributed by atoms with Gasteiger partial charge in [0.15, 0.2) is 11.4 Å². The number of anilines is 1. The average Bonchev–Trinajstić information content (AvgIpc) is 3.16. The van der Waals surface area contributed by atoms with Crippen molar-refractivity contribution in [2.75, 3.05) is 19.0 Å². The molecular weight excluding hydrogens is 394 g/mol. The molecule has 1 aromatic rings. The van der Waals surface area contributed by atoms with Gasteiger partial charge in [0.2, 0.25) is 0 Å². The summed E-state index contributed by atoms with van der Waals surface area (Å²) in [5.41, 5.74) is 5.29. The summed E-state index contributed by atoms with van der Waals surface area (Å²) in [7, 11) is 4.15. The number of rotatable bonds is 2. The number of allylic oxidation sites excluding steroid dienone is 2. The zero-order chi connectivity index (χ0) is 22.7. The summed E-state index contributed by atoms with van der Waals surface area (Å²) >= 11 is 0. The van der Waals surface area contributed by atoms with E-state index in [1.165, 1.54) is 41.7 Å². The number of hydrogen-bond acceptors (Lipinski definition) is 3. The van der Waals surface area contributed by atoms with E-state index in [4.69, 9.17) is 0 Å². The van der Waals surface area contributed by atoms with E-state index in [1.807, 2.05) is 0 Å². The van der Waals surface area contributed by atoms with Gasteiger partial charge in [-0.15, -0.1) is 5.92 Å². The van der Waals surface area contributed by atoms with Gasteiger partial charge in [0, 0.05) is 32.1 Å². The Morgan fingerprint density at radius 3 is 2.59 bits per heavy atom. The quantitative estimate of drug-likeness (QED) is 0.640. The molecule has 4 aliphatic rings. The second-order valence-corrected chi connectivity index (χ2v) is 10.9. The molecule has 0 aliphatic heterocycles. The Hall–Kier alpha value is -2.31. The molecule has 4 aliphatic carbocycles. The highest BCUT2D eigenvalue weighted by atomic mass is 16.3. The van der Waals surface area contributed by atoms with Crippen molar-refractivity contribution >= 4 is 11.5 Å². The van der Waals surface area contributed by atoms with E-state index in [9.17, 15) is 9.90 Å². The first-order chi connectivity index (χ1) is 15.3. The van der Waals surface area contributed by atoms with E-state index in [0.29, 0.717) is 29.6 Å². The number of carbonyl (C=O) groups is 1. The van der Waals surface area contributed by atoms with E-state index in [1.54, 1.807) is 13.0 Å². The van der Waals surface area contributed by atoms with Crippen molar-refractivity contribution in [3.05, 3.63) is 52.6 Å². The third-order valence-electron chi connectivity index (χ3n) is 8.84. The van der Waals surface area contributed by atoms with Gasteiger partial charge in [-0.3, -0.25) is 4.79 Å². The third-order valence-corrected chi connectivity index (χ3v) is 8.84. The standard InChI is InChI=1S/C29H35NO2/c1-5-14-29(32)18-24-20(16-26(29)31)10-13-22-25-7-6-15-28(25,2)17-23(27(22)24)19-8-11-21(12-9-19)30(3)4/h8-9,11-12,16,22-23,25,32H,6-7,10,13,15,17-18H2,1-4H3/t22-,23+,25-,28-,29?/m0/s1. The molecule has 0 spiro atoms. The molecule has 3 heteroatoms. The molecule has 0 aromatic heterocycles. The van der Waals surface area contributed by atoms with Crippen LogP contribution >= 0.6 is 0 Å². The lowest BCUT2D eigenvalue weighted by Gasteiger charge is -2.51. The van der Waals surface area contributed by atoms with Crippen LogP contribution in [0.15, 0.2) is 47.1 Å². The van der Waals surface area contributed by atoms with Gasteiger partial charge in [-0.1, -0.05) is 37.0 Å². The molecule has 32 heavy (non-hydrogen) atoms. The lowest BCUT2D eigenvalue weighted by atomic mass is 9.53. The minimum atomic E-state index is -1.57. The smallest absolute Gasteiger partial charge is 0.200 e. The molecule has 0 heterocycles. The predicted octanol–water partition coefficient (Wildman–Crippen LogP) is 5.41. The van der Waals surface area contributed by atoms with Gasteiger partial charge in [0.25, 0.3) is 0 Å². The van der Waals surface area contributed by atoms with Crippen molar-refractivity contribution in [1.82, 2.24) is 0 Å². The zero-order valence-corrected chi connectivity index (χ0v) is 19.9. The number of fused-ring (bicyclic) bond motifs is 4. The molecule has 1 aromatic carbocycles. The highest BCUT2D eigenvalue weighted by Crippen LogP contribution is 2.64. The van der Waals surface area contributed by atoms with Gasteiger partial charge in [0.05, 0.1) is 0 Å². The van der Waals surface area contributed by atoms with Crippen molar-refractivity contribution in [1.29, 1.82) is 0 Å². The van der Waals surface area contributed by atoms with Crippen LogP contribution in [0, 0.1) is 29.1 Å². The Balaban J connectivity index is 1.67. The molecule has 0 radical (unpaired) electrons. The molecule has 0 amide bonds. The molecule has 2 fully saturated rings. The van der Waals surface area contributed by atoms with Crippen molar-refractivity contribution < 1.29 is 9.90 Å². The first kappa shape index (κ1) is 21.5. The second kappa shape index (κ2) is 7.63. The van der Waals surface area contributed by atoms with Crippen LogP contribution in [0.3, 0.4) is 0 Å². The van der Waals surface area contributed by atoms with Crippen LogP contribution < -0.4 is 4.90 Å². The Kier molecular flexibility index (Phi) is 5.13. The average molecular weight is 430 g/mol. The van der Waals surface area contributed by atoms with Crippen LogP contribution in [-0.2, 0) is 4.79 Å². The molecule has 0 saturated heterocycles. The second-order valence-electron chi connectivity index (χ2n) is 10.9. The fourth-order valence-electron chi connectivity index (χ4n) is 7.30. The van der Waals surface area contributed by atoms with Crippen LogP contribution in [-0.4, -0.2) is 30.6 Å². The fraction of sp³-hybridized carbons (Fsp3) is 0.552. The molecular formula is C29H35NO2. The molecule has 1 N–H and O–H groups in total. The highest BCUT2D eigenvalue weighted by Gasteiger charge is 2.53. The summed E-state index contributed by atoms with van der Waals surface area (Å²) in [6.07, 6.45) is 9.23. The van der Waals surface area contributed by atoms with E-state index in [2.05, 4.69) is 62.0 Å². The maximum absolute atomic E-state index is 12.8. The van der Waals surface area contributed by atoms with Crippen LogP contribution in [0.4, 0.5) is 5.69 Å². The maximum atomic E-state index is 12.8. The van der Waals surface area contributed by atoms with Gasteiger partial charge in [-0.2, -0.15) is 0 Å². The normalized spacial score (nSPS) is 35.8. The first-order valence-electron chi connectivity index (χ1n) is 12.2. The number of nitrogens with zero attached hydrogens (tertiary/aromatic N) is 1. The largest absolute Gasteiger partial charge is 0.378 e. The van der Waals surface area contributed by atoms with E-state index >= 15 is 0 Å². The van der Waals surface area contributed by atoms with Crippen molar-refractivity contribution in [2.45, 2.75) is 70.3 Å². The fourth-order valence-corrected chi connectivity index (χ4v) is 7.30. The maximum Gasteiger partial charge on any atom is 0.200 e. The van der Waals surface area contributed by atoms with Gasteiger partial charge < -0.3 is 10.0 Å². The van der Waals surface area contributed by atoms with Gasteiger partial charge in [-0.05, 0) is 91.2 Å². The lowest BCUT2D eigenvalue weighted by Crippen LogP contribution is -2.44. The van der Waals surface area contributed by atoms with Crippen molar-refractivity contribution in [2.24, 2.45) is 17.3 Å². The van der Waals surface area contributed by atoms with E-state index < -0.39 is 5.60 Å². The first-order valence-corrected chi connectivity index (χ1v) is 12.2. The molecule has 168 valence electrons. The predicted molar refractivity (Wildman–Crippen MR) is 129 cm³/mol. The van der Waals surface area contributed by atoms with Crippen LogP contribution in [0.25, 0.3) is 0 Å². The molecule has 3 nitrogen and oxygen atoms in total. The molecule has 2 saturated carbocycles.